The molecule has 0 aliphatic carbocycles. The zero-order valence-electron chi connectivity index (χ0n) is 8.12. The fourth-order valence-electron chi connectivity index (χ4n) is 2.01. The summed E-state index contributed by atoms with van der Waals surface area (Å²) in [6.45, 7) is 1.38. The highest BCUT2D eigenvalue weighted by atomic mass is 19.3. The van der Waals surface area contributed by atoms with E-state index in [1.807, 2.05) is 0 Å². The molecule has 1 saturated heterocycles. The van der Waals surface area contributed by atoms with Crippen LogP contribution < -0.4 is 10.0 Å². The zero-order chi connectivity index (χ0) is 10.8. The highest BCUT2D eigenvalue weighted by Crippen LogP contribution is 2.28. The molecule has 0 saturated carbocycles. The summed E-state index contributed by atoms with van der Waals surface area (Å²) in [6, 6.07) is 2.69. The second-order valence-corrected chi connectivity index (χ2v) is 3.66. The molecular weight excluding hydrogens is 202 g/mol. The molecule has 1 fully saturated rings. The van der Waals surface area contributed by atoms with Crippen molar-refractivity contribution in [2.45, 2.75) is 18.8 Å². The highest BCUT2D eigenvalue weighted by Gasteiger charge is 2.30. The molecule has 1 N–H and O–H groups in total. The van der Waals surface area contributed by atoms with E-state index < -0.39 is 6.43 Å². The Balaban J connectivity index is 2.41. The smallest absolute Gasteiger partial charge is 0.269 e. The van der Waals surface area contributed by atoms with Crippen LogP contribution in [-0.2, 0) is 0 Å². The Morgan fingerprint density at radius 3 is 2.93 bits per heavy atom. The van der Waals surface area contributed by atoms with Crippen LogP contribution in [0.15, 0.2) is 18.3 Å². The maximum atomic E-state index is 12.7. The molecule has 82 valence electrons. The van der Waals surface area contributed by atoms with Crippen molar-refractivity contribution >= 4 is 0 Å². The van der Waals surface area contributed by atoms with E-state index in [9.17, 15) is 14.0 Å². The molecule has 1 atom stereocenters. The fraction of sp³-hybridized carbons (Fsp3) is 0.500. The van der Waals surface area contributed by atoms with Crippen LogP contribution in [-0.4, -0.2) is 13.1 Å². The molecule has 5 heteroatoms. The van der Waals surface area contributed by atoms with Gasteiger partial charge in [-0.05, 0) is 19.0 Å². The molecule has 1 aliphatic heterocycles. The van der Waals surface area contributed by atoms with E-state index in [-0.39, 0.29) is 17.2 Å². The van der Waals surface area contributed by atoms with Crippen LogP contribution in [0.2, 0.25) is 0 Å². The van der Waals surface area contributed by atoms with E-state index in [0.29, 0.717) is 11.3 Å². The van der Waals surface area contributed by atoms with Crippen LogP contribution in [0.4, 0.5) is 8.78 Å². The summed E-state index contributed by atoms with van der Waals surface area (Å²) < 4.78 is 25.9. The van der Waals surface area contributed by atoms with Gasteiger partial charge in [-0.15, -0.1) is 0 Å². The quantitative estimate of drug-likeness (QED) is 0.596. The minimum atomic E-state index is -2.58. The van der Waals surface area contributed by atoms with Crippen LogP contribution in [0.3, 0.4) is 0 Å². The van der Waals surface area contributed by atoms with Crippen molar-refractivity contribution in [3.05, 3.63) is 34.8 Å². The van der Waals surface area contributed by atoms with Gasteiger partial charge in [-0.25, -0.2) is 8.78 Å². The summed E-state index contributed by atoms with van der Waals surface area (Å²) in [5.74, 6) is -0.0901. The van der Waals surface area contributed by atoms with Gasteiger partial charge in [0.05, 0.1) is 11.5 Å². The van der Waals surface area contributed by atoms with Gasteiger partial charge in [-0.2, -0.15) is 4.73 Å². The first-order valence-corrected chi connectivity index (χ1v) is 4.91. The van der Waals surface area contributed by atoms with Crippen LogP contribution in [0, 0.1) is 5.21 Å². The number of rotatable bonds is 2. The van der Waals surface area contributed by atoms with Gasteiger partial charge in [0.15, 0.2) is 6.20 Å². The lowest BCUT2D eigenvalue weighted by molar-refractivity contribution is -0.616. The molecule has 0 radical (unpaired) electrons. The van der Waals surface area contributed by atoms with Crippen molar-refractivity contribution in [3.63, 3.8) is 0 Å². The van der Waals surface area contributed by atoms with Crippen LogP contribution >= 0.6 is 0 Å². The molecule has 15 heavy (non-hydrogen) atoms. The van der Waals surface area contributed by atoms with Gasteiger partial charge in [0.1, 0.15) is 0 Å². The number of alkyl halides is 2. The first kappa shape index (κ1) is 10.3. The second kappa shape index (κ2) is 4.10. The fourth-order valence-corrected chi connectivity index (χ4v) is 2.01. The minimum Gasteiger partial charge on any atom is -0.618 e. The van der Waals surface area contributed by atoms with Crippen molar-refractivity contribution in [2.75, 3.05) is 13.1 Å². The lowest BCUT2D eigenvalue weighted by Gasteiger charge is -2.13. The van der Waals surface area contributed by atoms with Gasteiger partial charge in [-0.3, -0.25) is 0 Å². The normalized spacial score (nSPS) is 21.1. The number of nitrogens with zero attached hydrogens (tertiary/aromatic N) is 1. The molecule has 1 aliphatic rings. The lowest BCUT2D eigenvalue weighted by atomic mass is 9.99. The van der Waals surface area contributed by atoms with Crippen molar-refractivity contribution in [2.24, 2.45) is 0 Å². The largest absolute Gasteiger partial charge is 0.618 e. The van der Waals surface area contributed by atoms with Crippen molar-refractivity contribution < 1.29 is 13.5 Å². The lowest BCUT2D eigenvalue weighted by Crippen LogP contribution is -2.35. The van der Waals surface area contributed by atoms with Gasteiger partial charge in [0.25, 0.3) is 6.43 Å². The molecule has 1 aromatic heterocycles. The van der Waals surface area contributed by atoms with Gasteiger partial charge < -0.3 is 10.5 Å². The first-order chi connectivity index (χ1) is 7.20. The maximum absolute atomic E-state index is 12.7. The Kier molecular flexibility index (Phi) is 2.81. The molecule has 0 aromatic carbocycles. The third kappa shape index (κ3) is 1.92. The van der Waals surface area contributed by atoms with E-state index in [1.54, 1.807) is 0 Å². The predicted octanol–water partition coefficient (Wildman–Crippen LogP) is 1.33. The maximum Gasteiger partial charge on any atom is 0.269 e. The average molecular weight is 214 g/mol. The molecule has 3 nitrogen and oxygen atoms in total. The van der Waals surface area contributed by atoms with Crippen molar-refractivity contribution in [1.82, 2.24) is 5.32 Å². The summed E-state index contributed by atoms with van der Waals surface area (Å²) in [4.78, 5) is 0. The standard InChI is InChI=1S/C10H12F2N2O/c11-10(12)8-2-1-5-14(15)9(8)7-3-4-13-6-7/h1-2,5,7,10,13H,3-4,6H2. The van der Waals surface area contributed by atoms with Gasteiger partial charge in [0, 0.05) is 12.6 Å². The molecule has 1 aromatic rings. The number of hydrogen-bond acceptors (Lipinski definition) is 2. The third-order valence-electron chi connectivity index (χ3n) is 2.71. The summed E-state index contributed by atoms with van der Waals surface area (Å²) in [6.07, 6.45) is -0.562. The first-order valence-electron chi connectivity index (χ1n) is 4.91. The molecule has 1 unspecified atom stereocenters. The number of nitrogens with one attached hydrogen (secondary N) is 1. The Morgan fingerprint density at radius 1 is 1.53 bits per heavy atom. The van der Waals surface area contributed by atoms with E-state index in [1.165, 1.54) is 18.3 Å². The average Bonchev–Trinajstić information content (AvgIpc) is 2.70. The van der Waals surface area contributed by atoms with E-state index in [4.69, 9.17) is 0 Å². The van der Waals surface area contributed by atoms with Crippen molar-refractivity contribution in [1.29, 1.82) is 0 Å². The topological polar surface area (TPSA) is 39.0 Å². The van der Waals surface area contributed by atoms with Crippen LogP contribution in [0.1, 0.15) is 30.0 Å². The molecule has 0 spiro atoms. The van der Waals surface area contributed by atoms with Crippen molar-refractivity contribution in [3.8, 4) is 0 Å². The number of hydrogen-bond donors (Lipinski definition) is 1. The van der Waals surface area contributed by atoms with E-state index in [0.717, 1.165) is 13.0 Å². The number of halogens is 2. The van der Waals surface area contributed by atoms with E-state index in [2.05, 4.69) is 5.32 Å². The SMILES string of the molecule is [O-][n+]1cccc(C(F)F)c1C1CCNC1. The summed E-state index contributed by atoms with van der Waals surface area (Å²) in [5, 5.41) is 14.6. The second-order valence-electron chi connectivity index (χ2n) is 3.66. The Morgan fingerprint density at radius 2 is 2.33 bits per heavy atom. The summed E-state index contributed by atoms with van der Waals surface area (Å²) in [5.41, 5.74) is 0.0821. The summed E-state index contributed by atoms with van der Waals surface area (Å²) >= 11 is 0. The molecule has 2 rings (SSSR count). The molecular formula is C10H12F2N2O. The Hall–Kier alpha value is -1.23. The van der Waals surface area contributed by atoms with Crippen LogP contribution in [0.25, 0.3) is 0 Å². The minimum absolute atomic E-state index is 0.0901. The summed E-state index contributed by atoms with van der Waals surface area (Å²) in [7, 11) is 0. The predicted molar refractivity (Wildman–Crippen MR) is 50.6 cm³/mol. The van der Waals surface area contributed by atoms with Gasteiger partial charge in [0.2, 0.25) is 5.69 Å². The monoisotopic (exact) mass is 214 g/mol. The number of aromatic nitrogens is 1. The Bertz CT molecular complexity index is 351. The third-order valence-corrected chi connectivity index (χ3v) is 2.71. The van der Waals surface area contributed by atoms with E-state index >= 15 is 0 Å². The van der Waals surface area contributed by atoms with Gasteiger partial charge in [-0.1, -0.05) is 0 Å². The highest BCUT2D eigenvalue weighted by molar-refractivity contribution is 5.22. The van der Waals surface area contributed by atoms with Crippen LogP contribution in [0.5, 0.6) is 0 Å². The molecule has 0 bridgehead atoms. The Labute approximate surface area is 86.3 Å². The molecule has 0 amide bonds. The number of pyridine rings is 1. The van der Waals surface area contributed by atoms with Gasteiger partial charge >= 0.3 is 0 Å². The molecule has 2 heterocycles. The zero-order valence-corrected chi connectivity index (χ0v) is 8.12.